The molecule has 1 aromatic carbocycles. The zero-order chi connectivity index (χ0) is 14.8. The quantitative estimate of drug-likeness (QED) is 0.932. The first-order chi connectivity index (χ1) is 9.36. The first-order valence-electron chi connectivity index (χ1n) is 5.94. The van der Waals surface area contributed by atoms with E-state index in [1.165, 1.54) is 6.07 Å². The minimum absolute atomic E-state index is 0.268. The Morgan fingerprint density at radius 1 is 1.35 bits per heavy atom. The number of halogens is 4. The predicted octanol–water partition coefficient (Wildman–Crippen LogP) is 3.75. The Labute approximate surface area is 119 Å². The number of alkyl halides is 3. The van der Waals surface area contributed by atoms with Gasteiger partial charge in [-0.05, 0) is 30.2 Å². The maximum absolute atomic E-state index is 12.6. The Bertz CT molecular complexity index is 593. The van der Waals surface area contributed by atoms with Gasteiger partial charge in [-0.1, -0.05) is 11.6 Å². The molecule has 0 atom stereocenters. The van der Waals surface area contributed by atoms with Crippen LogP contribution in [0.3, 0.4) is 0 Å². The van der Waals surface area contributed by atoms with Gasteiger partial charge in [0.2, 0.25) is 0 Å². The van der Waals surface area contributed by atoms with Crippen molar-refractivity contribution in [3.8, 4) is 0 Å². The molecule has 1 aromatic heterocycles. The van der Waals surface area contributed by atoms with Gasteiger partial charge in [-0.15, -0.1) is 0 Å². The van der Waals surface area contributed by atoms with Crippen LogP contribution in [0.1, 0.15) is 11.1 Å². The monoisotopic (exact) mass is 303 g/mol. The van der Waals surface area contributed by atoms with Crippen LogP contribution < -0.4 is 5.32 Å². The van der Waals surface area contributed by atoms with Crippen molar-refractivity contribution in [2.24, 2.45) is 7.05 Å². The molecule has 108 valence electrons. The second-order valence-corrected chi connectivity index (χ2v) is 4.80. The third-order valence-electron chi connectivity index (χ3n) is 2.78. The van der Waals surface area contributed by atoms with E-state index in [4.69, 9.17) is 11.6 Å². The number of nitrogens with zero attached hydrogens (tertiary/aromatic N) is 2. The van der Waals surface area contributed by atoms with E-state index in [-0.39, 0.29) is 10.7 Å². The first kappa shape index (κ1) is 14.7. The summed E-state index contributed by atoms with van der Waals surface area (Å²) in [4.78, 5) is 0. The average Bonchev–Trinajstić information content (AvgIpc) is 2.76. The van der Waals surface area contributed by atoms with Crippen molar-refractivity contribution >= 4 is 17.3 Å². The smallest absolute Gasteiger partial charge is 0.383 e. The number of hydrogen-bond donors (Lipinski definition) is 1. The van der Waals surface area contributed by atoms with Gasteiger partial charge in [0.25, 0.3) is 0 Å². The van der Waals surface area contributed by atoms with Crippen LogP contribution in [0.2, 0.25) is 5.02 Å². The Morgan fingerprint density at radius 2 is 2.10 bits per heavy atom. The summed E-state index contributed by atoms with van der Waals surface area (Å²) < 4.78 is 39.5. The summed E-state index contributed by atoms with van der Waals surface area (Å²) in [5, 5.41) is 7.20. The summed E-state index contributed by atoms with van der Waals surface area (Å²) in [7, 11) is 1.81. The van der Waals surface area contributed by atoms with E-state index < -0.39 is 11.7 Å². The molecule has 0 unspecified atom stereocenters. The van der Waals surface area contributed by atoms with Crippen molar-refractivity contribution in [1.29, 1.82) is 0 Å². The number of benzene rings is 1. The van der Waals surface area contributed by atoms with Gasteiger partial charge in [0.05, 0.1) is 22.5 Å². The van der Waals surface area contributed by atoms with Gasteiger partial charge in [0, 0.05) is 19.8 Å². The second kappa shape index (κ2) is 5.75. The van der Waals surface area contributed by atoms with E-state index in [9.17, 15) is 13.2 Å². The zero-order valence-corrected chi connectivity index (χ0v) is 11.5. The average molecular weight is 304 g/mol. The predicted molar refractivity (Wildman–Crippen MR) is 71.9 cm³/mol. The molecule has 0 saturated carbocycles. The summed E-state index contributed by atoms with van der Waals surface area (Å²) in [5.41, 5.74) is 0.569. The maximum atomic E-state index is 12.6. The summed E-state index contributed by atoms with van der Waals surface area (Å²) >= 11 is 5.89. The highest BCUT2D eigenvalue weighted by molar-refractivity contribution is 6.33. The molecule has 0 radical (unpaired) electrons. The third kappa shape index (κ3) is 3.66. The number of anilines is 1. The molecule has 0 amide bonds. The van der Waals surface area contributed by atoms with E-state index >= 15 is 0 Å². The molecule has 1 N–H and O–H groups in total. The number of nitrogens with one attached hydrogen (secondary N) is 1. The fourth-order valence-corrected chi connectivity index (χ4v) is 1.96. The normalized spacial score (nSPS) is 11.7. The van der Waals surface area contributed by atoms with Gasteiger partial charge in [-0.2, -0.15) is 18.3 Å². The van der Waals surface area contributed by atoms with Crippen molar-refractivity contribution < 1.29 is 13.2 Å². The second-order valence-electron chi connectivity index (χ2n) is 4.39. The van der Waals surface area contributed by atoms with E-state index in [0.717, 1.165) is 17.7 Å². The molecule has 2 aromatic rings. The van der Waals surface area contributed by atoms with Crippen LogP contribution in [0.5, 0.6) is 0 Å². The summed E-state index contributed by atoms with van der Waals surface area (Å²) in [6, 6.07) is 3.23. The number of rotatable bonds is 4. The largest absolute Gasteiger partial charge is 0.416 e. The molecule has 0 fully saturated rings. The molecule has 2 rings (SSSR count). The lowest BCUT2D eigenvalue weighted by atomic mass is 10.2. The third-order valence-corrected chi connectivity index (χ3v) is 3.11. The lowest BCUT2D eigenvalue weighted by Crippen LogP contribution is -2.08. The van der Waals surface area contributed by atoms with Gasteiger partial charge in [-0.3, -0.25) is 4.68 Å². The highest BCUT2D eigenvalue weighted by Gasteiger charge is 2.30. The molecule has 0 aliphatic rings. The van der Waals surface area contributed by atoms with Crippen LogP contribution in [0.25, 0.3) is 0 Å². The van der Waals surface area contributed by atoms with E-state index in [0.29, 0.717) is 13.0 Å². The van der Waals surface area contributed by atoms with Gasteiger partial charge < -0.3 is 5.32 Å². The molecule has 1 heterocycles. The van der Waals surface area contributed by atoms with E-state index in [1.807, 2.05) is 6.20 Å². The van der Waals surface area contributed by atoms with Crippen LogP contribution in [0.15, 0.2) is 30.6 Å². The number of aromatic nitrogens is 2. The van der Waals surface area contributed by atoms with Crippen molar-refractivity contribution in [3.63, 3.8) is 0 Å². The standard InChI is InChI=1S/C13H13ClF3N3/c1-20-8-9(7-19-20)4-5-18-12-6-10(13(15,16)17)2-3-11(12)14/h2-3,6-8,18H,4-5H2,1H3. The van der Waals surface area contributed by atoms with Crippen LogP contribution >= 0.6 is 11.6 Å². The molecule has 0 aliphatic heterocycles. The SMILES string of the molecule is Cn1cc(CCNc2cc(C(F)(F)F)ccc2Cl)cn1. The van der Waals surface area contributed by atoms with E-state index in [2.05, 4.69) is 10.4 Å². The van der Waals surface area contributed by atoms with Gasteiger partial charge >= 0.3 is 6.18 Å². The van der Waals surface area contributed by atoms with Gasteiger partial charge in [0.15, 0.2) is 0 Å². The fourth-order valence-electron chi connectivity index (χ4n) is 1.78. The Balaban J connectivity index is 2.02. The molecule has 0 saturated heterocycles. The van der Waals surface area contributed by atoms with Gasteiger partial charge in [0.1, 0.15) is 0 Å². The number of hydrogen-bond acceptors (Lipinski definition) is 2. The highest BCUT2D eigenvalue weighted by Crippen LogP contribution is 2.33. The highest BCUT2D eigenvalue weighted by atomic mass is 35.5. The minimum Gasteiger partial charge on any atom is -0.383 e. The molecule has 20 heavy (non-hydrogen) atoms. The number of aryl methyl sites for hydroxylation is 1. The molecular formula is C13H13ClF3N3. The summed E-state index contributed by atoms with van der Waals surface area (Å²) in [6.45, 7) is 0.479. The minimum atomic E-state index is -4.37. The molecule has 0 bridgehead atoms. The topological polar surface area (TPSA) is 29.9 Å². The van der Waals surface area contributed by atoms with Crippen molar-refractivity contribution in [1.82, 2.24) is 9.78 Å². The first-order valence-corrected chi connectivity index (χ1v) is 6.32. The Kier molecular flexibility index (Phi) is 4.23. The molecular weight excluding hydrogens is 291 g/mol. The lowest BCUT2D eigenvalue weighted by molar-refractivity contribution is -0.137. The van der Waals surface area contributed by atoms with Crippen LogP contribution in [-0.4, -0.2) is 16.3 Å². The Morgan fingerprint density at radius 3 is 2.70 bits per heavy atom. The Hall–Kier alpha value is -1.69. The van der Waals surface area contributed by atoms with Crippen LogP contribution in [0.4, 0.5) is 18.9 Å². The summed E-state index contributed by atoms with van der Waals surface area (Å²) in [5.74, 6) is 0. The zero-order valence-electron chi connectivity index (χ0n) is 10.7. The van der Waals surface area contributed by atoms with Crippen molar-refractivity contribution in [2.45, 2.75) is 12.6 Å². The van der Waals surface area contributed by atoms with E-state index in [1.54, 1.807) is 17.9 Å². The molecule has 3 nitrogen and oxygen atoms in total. The van der Waals surface area contributed by atoms with Gasteiger partial charge in [-0.25, -0.2) is 0 Å². The summed E-state index contributed by atoms with van der Waals surface area (Å²) in [6.07, 6.45) is -0.143. The van der Waals surface area contributed by atoms with Crippen molar-refractivity contribution in [3.05, 3.63) is 46.7 Å². The molecule has 0 aliphatic carbocycles. The van der Waals surface area contributed by atoms with Crippen LogP contribution in [0, 0.1) is 0 Å². The maximum Gasteiger partial charge on any atom is 0.416 e. The molecule has 7 heteroatoms. The van der Waals surface area contributed by atoms with Crippen molar-refractivity contribution in [2.75, 3.05) is 11.9 Å². The fraction of sp³-hybridized carbons (Fsp3) is 0.308. The lowest BCUT2D eigenvalue weighted by Gasteiger charge is -2.12. The van der Waals surface area contributed by atoms with Crippen LogP contribution in [-0.2, 0) is 19.6 Å². The molecule has 0 spiro atoms.